The van der Waals surface area contributed by atoms with Gasteiger partial charge < -0.3 is 9.31 Å². The van der Waals surface area contributed by atoms with Crippen molar-refractivity contribution in [3.63, 3.8) is 0 Å². The minimum absolute atomic E-state index is 0. The quantitative estimate of drug-likeness (QED) is 0.330. The average Bonchev–Trinajstić information content (AvgIpc) is 1.65. The van der Waals surface area contributed by atoms with Gasteiger partial charge in [0.25, 0.3) is 0 Å². The van der Waals surface area contributed by atoms with E-state index in [4.69, 9.17) is 0 Å². The summed E-state index contributed by atoms with van der Waals surface area (Å²) in [6.07, 6.45) is -0.657. The molecule has 0 radical (unpaired) electrons. The van der Waals surface area contributed by atoms with Gasteiger partial charge in [-0.25, -0.2) is 4.79 Å². The zero-order valence-electron chi connectivity index (χ0n) is 3.72. The fourth-order valence-electron chi connectivity index (χ4n) is 0.0833. The summed E-state index contributed by atoms with van der Waals surface area (Å²) in [5.74, 6) is 0. The molecule has 0 unspecified atom stereocenters. The van der Waals surface area contributed by atoms with Crippen molar-refractivity contribution < 1.29 is 14.1 Å². The molecular formula is CH6B2Na2O3. The number of carbonyl (C=O) groups is 1. The van der Waals surface area contributed by atoms with Crippen LogP contribution in [0, 0.1) is 0 Å². The molecule has 0 saturated heterocycles. The molecule has 36 valence electrons. The maximum atomic E-state index is 9.74. The minimum atomic E-state index is -0.657. The molecule has 0 atom stereocenters. The van der Waals surface area contributed by atoms with E-state index in [9.17, 15) is 4.79 Å². The molecule has 3 nitrogen and oxygen atoms in total. The summed E-state index contributed by atoms with van der Waals surface area (Å²) in [6, 6.07) is 0. The summed E-state index contributed by atoms with van der Waals surface area (Å²) < 4.78 is 8.08. The van der Waals surface area contributed by atoms with Crippen molar-refractivity contribution in [2.45, 2.75) is 0 Å². The van der Waals surface area contributed by atoms with E-state index in [1.807, 2.05) is 0 Å². The van der Waals surface area contributed by atoms with Crippen LogP contribution in [0.4, 0.5) is 4.79 Å². The first-order chi connectivity index (χ1) is 2.81. The van der Waals surface area contributed by atoms with Crippen LogP contribution >= 0.6 is 0 Å². The third-order valence-electron chi connectivity index (χ3n) is 0.333. The molecule has 0 aliphatic rings. The summed E-state index contributed by atoms with van der Waals surface area (Å²) in [7, 11) is 2.51. The third-order valence-corrected chi connectivity index (χ3v) is 0.333. The van der Waals surface area contributed by atoms with Gasteiger partial charge in [-0.3, -0.25) is 0 Å². The van der Waals surface area contributed by atoms with E-state index < -0.39 is 6.16 Å². The van der Waals surface area contributed by atoms with Crippen LogP contribution in [0.5, 0.6) is 0 Å². The van der Waals surface area contributed by atoms with Crippen LogP contribution in [0.25, 0.3) is 0 Å². The summed E-state index contributed by atoms with van der Waals surface area (Å²) in [6.45, 7) is 0. The second-order valence-electron chi connectivity index (χ2n) is 0.658. The number of hydrogen-bond acceptors (Lipinski definition) is 3. The predicted octanol–water partition coefficient (Wildman–Crippen LogP) is -3.06. The molecular weight excluding hydrogens is 128 g/mol. The van der Waals surface area contributed by atoms with Gasteiger partial charge in [0.05, 0.1) is 0 Å². The molecule has 0 aliphatic heterocycles. The molecule has 0 rings (SSSR count). The number of rotatable bonds is 0. The van der Waals surface area contributed by atoms with E-state index in [1.165, 1.54) is 16.1 Å². The average molecular weight is 134 g/mol. The van der Waals surface area contributed by atoms with Crippen LogP contribution in [0.2, 0.25) is 0 Å². The first kappa shape index (κ1) is 16.2. The Labute approximate surface area is 94.3 Å². The first-order valence-electron chi connectivity index (χ1n) is 1.43. The Morgan fingerprint density at radius 2 is 1.38 bits per heavy atom. The SMILES string of the molecule is BOC(=O)OB.[NaH].[NaH]. The van der Waals surface area contributed by atoms with Crippen molar-refractivity contribution in [2.75, 3.05) is 0 Å². The van der Waals surface area contributed by atoms with Gasteiger partial charge in [0.2, 0.25) is 0 Å². The molecule has 0 fully saturated rings. The monoisotopic (exact) mass is 134 g/mol. The maximum absolute atomic E-state index is 9.74. The van der Waals surface area contributed by atoms with Gasteiger partial charge in [0.1, 0.15) is 0 Å². The zero-order valence-corrected chi connectivity index (χ0v) is 3.72. The van der Waals surface area contributed by atoms with E-state index in [-0.39, 0.29) is 59.1 Å². The van der Waals surface area contributed by atoms with E-state index in [2.05, 4.69) is 9.31 Å². The normalized spacial score (nSPS) is 5.00. The summed E-state index contributed by atoms with van der Waals surface area (Å²) >= 11 is 0. The molecule has 0 spiro atoms. The van der Waals surface area contributed by atoms with Gasteiger partial charge in [0, 0.05) is 0 Å². The van der Waals surface area contributed by atoms with Crippen LogP contribution in [0.15, 0.2) is 0 Å². The Kier molecular flexibility index (Phi) is 22.7. The topological polar surface area (TPSA) is 35.5 Å². The molecule has 0 heterocycles. The van der Waals surface area contributed by atoms with Crippen LogP contribution in [-0.4, -0.2) is 81.4 Å². The van der Waals surface area contributed by atoms with Gasteiger partial charge in [-0.1, -0.05) is 0 Å². The third kappa shape index (κ3) is 10.4. The van der Waals surface area contributed by atoms with Gasteiger partial charge in [0.15, 0.2) is 0 Å². The summed E-state index contributed by atoms with van der Waals surface area (Å²) in [5, 5.41) is 0. The molecule has 7 heteroatoms. The molecule has 0 aromatic carbocycles. The van der Waals surface area contributed by atoms with Gasteiger partial charge in [-0.2, -0.15) is 0 Å². The van der Waals surface area contributed by atoms with Crippen LogP contribution in [0.3, 0.4) is 0 Å². The fourth-order valence-corrected chi connectivity index (χ4v) is 0.0833. The standard InChI is InChI=1S/CH4B2O3.2Na.2H/c2-5-1(4)6-3;;;;/h2-3H2;;;;. The van der Waals surface area contributed by atoms with E-state index in [0.29, 0.717) is 0 Å². The Hall–Kier alpha value is 1.40. The van der Waals surface area contributed by atoms with Crippen LogP contribution < -0.4 is 0 Å². The fraction of sp³-hybridized carbons (Fsp3) is 0. The van der Waals surface area contributed by atoms with Crippen molar-refractivity contribution >= 4 is 81.4 Å². The molecule has 0 aliphatic carbocycles. The van der Waals surface area contributed by atoms with Gasteiger partial charge >= 0.3 is 81.4 Å². The molecule has 0 bridgehead atoms. The predicted molar refractivity (Wildman–Crippen MR) is 39.0 cm³/mol. The number of hydrogen-bond donors (Lipinski definition) is 0. The van der Waals surface area contributed by atoms with E-state index >= 15 is 0 Å². The van der Waals surface area contributed by atoms with Crippen molar-refractivity contribution in [1.82, 2.24) is 0 Å². The Morgan fingerprint density at radius 3 is 1.38 bits per heavy atom. The Balaban J connectivity index is -0.000000125. The molecule has 0 aromatic rings. The molecule has 0 saturated carbocycles. The van der Waals surface area contributed by atoms with Crippen molar-refractivity contribution in [2.24, 2.45) is 0 Å². The van der Waals surface area contributed by atoms with Crippen LogP contribution in [0.1, 0.15) is 0 Å². The van der Waals surface area contributed by atoms with Crippen molar-refractivity contribution in [3.8, 4) is 0 Å². The Bertz CT molecular complexity index is 53.2. The molecule has 8 heavy (non-hydrogen) atoms. The molecule has 0 aromatic heterocycles. The van der Waals surface area contributed by atoms with E-state index in [0.717, 1.165) is 0 Å². The zero-order chi connectivity index (χ0) is 4.99. The van der Waals surface area contributed by atoms with Crippen LogP contribution in [-0.2, 0) is 9.31 Å². The number of carbonyl (C=O) groups excluding carboxylic acids is 1. The second kappa shape index (κ2) is 11.2. The van der Waals surface area contributed by atoms with Gasteiger partial charge in [-0.05, 0) is 0 Å². The van der Waals surface area contributed by atoms with E-state index in [1.54, 1.807) is 0 Å². The Morgan fingerprint density at radius 1 is 1.12 bits per heavy atom. The van der Waals surface area contributed by atoms with Crippen molar-refractivity contribution in [1.29, 1.82) is 0 Å². The molecule has 0 N–H and O–H groups in total. The summed E-state index contributed by atoms with van der Waals surface area (Å²) in [5.41, 5.74) is 0. The summed E-state index contributed by atoms with van der Waals surface area (Å²) in [4.78, 5) is 9.74. The first-order valence-corrected chi connectivity index (χ1v) is 1.43. The second-order valence-corrected chi connectivity index (χ2v) is 0.658. The molecule has 0 amide bonds. The van der Waals surface area contributed by atoms with Crippen molar-refractivity contribution in [3.05, 3.63) is 0 Å². The van der Waals surface area contributed by atoms with Gasteiger partial charge in [-0.15, -0.1) is 0 Å².